The fourth-order valence-corrected chi connectivity index (χ4v) is 2.44. The van der Waals surface area contributed by atoms with Gasteiger partial charge in [0.25, 0.3) is 11.3 Å². The molecule has 0 fully saturated rings. The first kappa shape index (κ1) is 11.8. The van der Waals surface area contributed by atoms with Crippen LogP contribution in [0.5, 0.6) is 0 Å². The number of hydrogen-bond donors (Lipinski definition) is 0. The second-order valence-corrected chi connectivity index (χ2v) is 4.86. The molecule has 3 aromatic heterocycles. The minimum absolute atomic E-state index is 0.122. The van der Waals surface area contributed by atoms with E-state index in [1.807, 2.05) is 37.3 Å². The molecule has 0 aliphatic rings. The Morgan fingerprint density at radius 3 is 2.90 bits per heavy atom. The molecule has 0 amide bonds. The van der Waals surface area contributed by atoms with E-state index in [2.05, 4.69) is 15.1 Å². The van der Waals surface area contributed by atoms with E-state index in [-0.39, 0.29) is 5.56 Å². The number of hydrogen-bond acceptors (Lipinski definition) is 4. The summed E-state index contributed by atoms with van der Waals surface area (Å²) in [5.41, 5.74) is 2.51. The second-order valence-electron chi connectivity index (χ2n) is 4.86. The van der Waals surface area contributed by atoms with Gasteiger partial charge in [0, 0.05) is 18.1 Å². The quantitative estimate of drug-likeness (QED) is 0.531. The molecule has 0 spiro atoms. The van der Waals surface area contributed by atoms with Crippen LogP contribution in [0.15, 0.2) is 53.8 Å². The Morgan fingerprint density at radius 1 is 1.14 bits per heavy atom. The summed E-state index contributed by atoms with van der Waals surface area (Å²) in [5.74, 6) is 0.482. The standard InChI is InChI=1S/C15H11N5O/c1-10-3-2-4-11(7-10)19-6-5-13-12(14(19)21)8-16-15-17-9-18-20(13)15/h2-9H,1H3. The van der Waals surface area contributed by atoms with Crippen LogP contribution in [-0.4, -0.2) is 24.1 Å². The maximum absolute atomic E-state index is 12.7. The van der Waals surface area contributed by atoms with E-state index in [9.17, 15) is 4.79 Å². The summed E-state index contributed by atoms with van der Waals surface area (Å²) >= 11 is 0. The predicted octanol–water partition coefficient (Wildman–Crippen LogP) is 1.74. The van der Waals surface area contributed by atoms with Crippen LogP contribution in [0.1, 0.15) is 5.56 Å². The monoisotopic (exact) mass is 277 g/mol. The normalized spacial score (nSPS) is 11.3. The minimum atomic E-state index is -0.122. The van der Waals surface area contributed by atoms with Gasteiger partial charge in [0.1, 0.15) is 6.33 Å². The van der Waals surface area contributed by atoms with Crippen molar-refractivity contribution < 1.29 is 0 Å². The van der Waals surface area contributed by atoms with Crippen molar-refractivity contribution in [1.29, 1.82) is 0 Å². The van der Waals surface area contributed by atoms with E-state index in [0.717, 1.165) is 11.3 Å². The maximum Gasteiger partial charge on any atom is 0.266 e. The van der Waals surface area contributed by atoms with E-state index >= 15 is 0 Å². The molecule has 0 bridgehead atoms. The minimum Gasteiger partial charge on any atom is -0.284 e. The fourth-order valence-electron chi connectivity index (χ4n) is 2.44. The molecule has 6 nitrogen and oxygen atoms in total. The lowest BCUT2D eigenvalue weighted by atomic mass is 10.2. The summed E-state index contributed by atoms with van der Waals surface area (Å²) in [5, 5.41) is 4.61. The highest BCUT2D eigenvalue weighted by atomic mass is 16.1. The molecule has 6 heteroatoms. The van der Waals surface area contributed by atoms with Crippen molar-refractivity contribution in [3.63, 3.8) is 0 Å². The van der Waals surface area contributed by atoms with Gasteiger partial charge in [0.05, 0.1) is 10.9 Å². The second kappa shape index (κ2) is 4.24. The van der Waals surface area contributed by atoms with Crippen LogP contribution >= 0.6 is 0 Å². The van der Waals surface area contributed by atoms with Gasteiger partial charge >= 0.3 is 0 Å². The largest absolute Gasteiger partial charge is 0.284 e. The molecule has 0 radical (unpaired) electrons. The highest BCUT2D eigenvalue weighted by Crippen LogP contribution is 2.13. The summed E-state index contributed by atoms with van der Waals surface area (Å²) in [6.45, 7) is 2.00. The lowest BCUT2D eigenvalue weighted by Crippen LogP contribution is -2.18. The van der Waals surface area contributed by atoms with Gasteiger partial charge in [-0.3, -0.25) is 9.36 Å². The Morgan fingerprint density at radius 2 is 2.05 bits per heavy atom. The van der Waals surface area contributed by atoms with Crippen molar-refractivity contribution in [3.8, 4) is 5.69 Å². The highest BCUT2D eigenvalue weighted by molar-refractivity contribution is 5.78. The van der Waals surface area contributed by atoms with Crippen molar-refractivity contribution in [1.82, 2.24) is 24.1 Å². The SMILES string of the molecule is Cc1cccc(-n2ccc3c(cnc4ncnn43)c2=O)c1. The number of fused-ring (bicyclic) bond motifs is 3. The van der Waals surface area contributed by atoms with Crippen LogP contribution in [0.25, 0.3) is 22.4 Å². The molecule has 0 atom stereocenters. The van der Waals surface area contributed by atoms with Crippen LogP contribution in [0, 0.1) is 6.92 Å². The molecule has 0 saturated heterocycles. The number of benzene rings is 1. The molecule has 0 aliphatic carbocycles. The zero-order valence-electron chi connectivity index (χ0n) is 11.3. The Balaban J connectivity index is 2.07. The third kappa shape index (κ3) is 1.73. The van der Waals surface area contributed by atoms with Gasteiger partial charge in [-0.2, -0.15) is 14.6 Å². The first-order valence-corrected chi connectivity index (χ1v) is 6.51. The van der Waals surface area contributed by atoms with Gasteiger partial charge < -0.3 is 0 Å². The van der Waals surface area contributed by atoms with Crippen molar-refractivity contribution in [2.75, 3.05) is 0 Å². The van der Waals surface area contributed by atoms with Crippen molar-refractivity contribution >= 4 is 16.7 Å². The smallest absolute Gasteiger partial charge is 0.266 e. The zero-order valence-corrected chi connectivity index (χ0v) is 11.3. The number of nitrogens with zero attached hydrogens (tertiary/aromatic N) is 5. The first-order valence-electron chi connectivity index (χ1n) is 6.51. The molecule has 1 aromatic carbocycles. The summed E-state index contributed by atoms with van der Waals surface area (Å²) < 4.78 is 3.18. The molecule has 0 N–H and O–H groups in total. The van der Waals surface area contributed by atoms with Gasteiger partial charge in [0.15, 0.2) is 0 Å². The van der Waals surface area contributed by atoms with Gasteiger partial charge in [-0.05, 0) is 30.7 Å². The van der Waals surface area contributed by atoms with Crippen LogP contribution in [0.3, 0.4) is 0 Å². The van der Waals surface area contributed by atoms with E-state index < -0.39 is 0 Å². The topological polar surface area (TPSA) is 65.1 Å². The van der Waals surface area contributed by atoms with Crippen LogP contribution in [0.2, 0.25) is 0 Å². The van der Waals surface area contributed by atoms with E-state index in [1.54, 1.807) is 21.5 Å². The maximum atomic E-state index is 12.7. The van der Waals surface area contributed by atoms with Gasteiger partial charge in [-0.15, -0.1) is 0 Å². The summed E-state index contributed by atoms with van der Waals surface area (Å²) in [6.07, 6.45) is 4.72. The average molecular weight is 277 g/mol. The zero-order chi connectivity index (χ0) is 14.4. The van der Waals surface area contributed by atoms with Crippen molar-refractivity contribution in [2.24, 2.45) is 0 Å². The van der Waals surface area contributed by atoms with E-state index in [0.29, 0.717) is 16.7 Å². The lowest BCUT2D eigenvalue weighted by Gasteiger charge is -2.08. The molecular weight excluding hydrogens is 266 g/mol. The van der Waals surface area contributed by atoms with E-state index in [4.69, 9.17) is 0 Å². The molecular formula is C15H11N5O. The summed E-state index contributed by atoms with van der Waals surface area (Å²) in [4.78, 5) is 20.8. The molecule has 102 valence electrons. The van der Waals surface area contributed by atoms with E-state index in [1.165, 1.54) is 6.33 Å². The average Bonchev–Trinajstić information content (AvgIpc) is 2.96. The van der Waals surface area contributed by atoms with Gasteiger partial charge in [-0.25, -0.2) is 4.98 Å². The third-order valence-corrected chi connectivity index (χ3v) is 3.45. The molecule has 3 heterocycles. The molecule has 0 unspecified atom stereocenters. The molecule has 0 saturated carbocycles. The van der Waals surface area contributed by atoms with Crippen LogP contribution in [-0.2, 0) is 0 Å². The van der Waals surface area contributed by atoms with Gasteiger partial charge in [-0.1, -0.05) is 12.1 Å². The molecule has 4 rings (SSSR count). The Labute approximate surface area is 119 Å². The Hall–Kier alpha value is -3.02. The summed E-state index contributed by atoms with van der Waals surface area (Å²) in [6, 6.07) is 9.65. The number of aryl methyl sites for hydroxylation is 1. The van der Waals surface area contributed by atoms with Crippen LogP contribution in [0.4, 0.5) is 0 Å². The molecule has 4 aromatic rings. The van der Waals surface area contributed by atoms with Crippen LogP contribution < -0.4 is 5.56 Å². The first-order chi connectivity index (χ1) is 10.2. The fraction of sp³-hybridized carbons (Fsp3) is 0.0667. The van der Waals surface area contributed by atoms with Gasteiger partial charge in [0.2, 0.25) is 0 Å². The van der Waals surface area contributed by atoms with Crippen molar-refractivity contribution in [2.45, 2.75) is 6.92 Å². The predicted molar refractivity (Wildman–Crippen MR) is 78.6 cm³/mol. The third-order valence-electron chi connectivity index (χ3n) is 3.45. The number of rotatable bonds is 1. The Bertz CT molecular complexity index is 1030. The molecule has 21 heavy (non-hydrogen) atoms. The number of pyridine rings is 1. The highest BCUT2D eigenvalue weighted by Gasteiger charge is 2.09. The summed E-state index contributed by atoms with van der Waals surface area (Å²) in [7, 11) is 0. The Kier molecular flexibility index (Phi) is 2.38. The molecule has 0 aliphatic heterocycles. The number of aromatic nitrogens is 5. The van der Waals surface area contributed by atoms with Crippen molar-refractivity contribution in [3.05, 3.63) is 65.0 Å². The lowest BCUT2D eigenvalue weighted by molar-refractivity contribution is 0.957.